The molecule has 1 rings (SSSR count). The average Bonchev–Trinajstić information content (AvgIpc) is 2.01. The normalized spacial score (nSPS) is 11.6. The fraction of sp³-hybridized carbons (Fsp3) is 0.286. The minimum absolute atomic E-state index is 0.0212. The van der Waals surface area contributed by atoms with Gasteiger partial charge in [0.25, 0.3) is 10.1 Å². The zero-order valence-corrected chi connectivity index (χ0v) is 8.77. The van der Waals surface area contributed by atoms with Gasteiger partial charge in [0, 0.05) is 11.8 Å². The summed E-state index contributed by atoms with van der Waals surface area (Å²) in [6.07, 6.45) is 3.03. The molecule has 0 unspecified atom stereocenters. The highest BCUT2D eigenvalue weighted by Crippen LogP contribution is 2.18. The van der Waals surface area contributed by atoms with Crippen molar-refractivity contribution in [2.75, 3.05) is 6.26 Å². The van der Waals surface area contributed by atoms with Gasteiger partial charge in [-0.3, -0.25) is 9.17 Å². The molecule has 0 bridgehead atoms. The van der Waals surface area contributed by atoms with E-state index in [2.05, 4.69) is 9.17 Å². The maximum absolute atomic E-state index is 13.0. The topological polar surface area (TPSA) is 56.3 Å². The number of nitrogens with zero attached hydrogens (tertiary/aromatic N) is 1. The van der Waals surface area contributed by atoms with Crippen molar-refractivity contribution in [1.82, 2.24) is 4.98 Å². The summed E-state index contributed by atoms with van der Waals surface area (Å²) in [7, 11) is -3.60. The first-order valence-electron chi connectivity index (χ1n) is 3.52. The van der Waals surface area contributed by atoms with E-state index < -0.39 is 22.5 Å². The van der Waals surface area contributed by atoms with Crippen LogP contribution in [-0.4, -0.2) is 19.7 Å². The first-order valence-corrected chi connectivity index (χ1v) is 5.72. The van der Waals surface area contributed by atoms with Gasteiger partial charge in [0.1, 0.15) is 5.82 Å². The highest BCUT2D eigenvalue weighted by Gasteiger charge is 2.10. The molecule has 78 valence electrons. The van der Waals surface area contributed by atoms with E-state index in [4.69, 9.17) is 11.6 Å². The van der Waals surface area contributed by atoms with E-state index in [0.717, 1.165) is 12.5 Å². The van der Waals surface area contributed by atoms with Gasteiger partial charge in [-0.15, -0.1) is 0 Å². The van der Waals surface area contributed by atoms with Gasteiger partial charge in [-0.1, -0.05) is 11.6 Å². The number of pyridine rings is 1. The molecule has 1 aromatic rings. The molecular weight excluding hydrogens is 233 g/mol. The summed E-state index contributed by atoms with van der Waals surface area (Å²) in [4.78, 5) is 3.48. The molecule has 0 aromatic carbocycles. The predicted octanol–water partition coefficient (Wildman–Crippen LogP) is 1.35. The molecule has 0 saturated carbocycles. The highest BCUT2D eigenvalue weighted by atomic mass is 35.5. The van der Waals surface area contributed by atoms with Crippen molar-refractivity contribution in [2.24, 2.45) is 0 Å². The summed E-state index contributed by atoms with van der Waals surface area (Å²) >= 11 is 5.58. The molecule has 0 fully saturated rings. The molecule has 0 aliphatic rings. The van der Waals surface area contributed by atoms with E-state index >= 15 is 0 Å². The van der Waals surface area contributed by atoms with Crippen molar-refractivity contribution >= 4 is 21.7 Å². The molecule has 0 aliphatic carbocycles. The Morgan fingerprint density at radius 1 is 1.57 bits per heavy atom. The van der Waals surface area contributed by atoms with Crippen LogP contribution in [0.1, 0.15) is 5.56 Å². The van der Waals surface area contributed by atoms with E-state index in [9.17, 15) is 12.8 Å². The molecule has 0 spiro atoms. The average molecular weight is 240 g/mol. The zero-order valence-electron chi connectivity index (χ0n) is 7.20. The van der Waals surface area contributed by atoms with Crippen LogP contribution in [0.15, 0.2) is 12.4 Å². The Morgan fingerprint density at radius 3 is 2.71 bits per heavy atom. The van der Waals surface area contributed by atoms with Crippen molar-refractivity contribution < 1.29 is 17.0 Å². The fourth-order valence-electron chi connectivity index (χ4n) is 0.742. The van der Waals surface area contributed by atoms with Gasteiger partial charge in [-0.25, -0.2) is 4.39 Å². The molecular formula is C7H7ClFNO3S. The van der Waals surface area contributed by atoms with Gasteiger partial charge < -0.3 is 0 Å². The van der Waals surface area contributed by atoms with Crippen LogP contribution < -0.4 is 0 Å². The Hall–Kier alpha value is -0.720. The quantitative estimate of drug-likeness (QED) is 0.748. The van der Waals surface area contributed by atoms with Crippen LogP contribution in [-0.2, 0) is 20.9 Å². The minimum Gasteiger partial charge on any atom is -0.265 e. The van der Waals surface area contributed by atoms with Crippen LogP contribution in [0.2, 0.25) is 5.02 Å². The molecule has 0 radical (unpaired) electrons. The maximum atomic E-state index is 13.0. The van der Waals surface area contributed by atoms with E-state index in [1.165, 1.54) is 6.20 Å². The molecule has 1 heterocycles. The van der Waals surface area contributed by atoms with Crippen LogP contribution in [0.3, 0.4) is 0 Å². The monoisotopic (exact) mass is 239 g/mol. The molecule has 14 heavy (non-hydrogen) atoms. The second-order valence-corrected chi connectivity index (χ2v) is 4.60. The Balaban J connectivity index is 2.87. The van der Waals surface area contributed by atoms with Crippen LogP contribution in [0.4, 0.5) is 4.39 Å². The zero-order chi connectivity index (χ0) is 10.8. The lowest BCUT2D eigenvalue weighted by Crippen LogP contribution is -2.04. The SMILES string of the molecule is CS(=O)(=O)OCc1c(F)cncc1Cl. The van der Waals surface area contributed by atoms with Crippen LogP contribution in [0.5, 0.6) is 0 Å². The minimum atomic E-state index is -3.60. The third-order valence-corrected chi connectivity index (χ3v) is 2.24. The number of aromatic nitrogens is 1. The van der Waals surface area contributed by atoms with Gasteiger partial charge in [-0.05, 0) is 0 Å². The summed E-state index contributed by atoms with van der Waals surface area (Å²) in [5.74, 6) is -0.693. The van der Waals surface area contributed by atoms with E-state index in [0.29, 0.717) is 0 Å². The summed E-state index contributed by atoms with van der Waals surface area (Å²) < 4.78 is 38.6. The predicted molar refractivity (Wildman–Crippen MR) is 48.8 cm³/mol. The first-order chi connectivity index (χ1) is 6.40. The molecule has 0 aliphatic heterocycles. The fourth-order valence-corrected chi connectivity index (χ4v) is 1.28. The number of rotatable bonds is 3. The molecule has 0 atom stereocenters. The van der Waals surface area contributed by atoms with Gasteiger partial charge in [-0.2, -0.15) is 8.42 Å². The molecule has 0 amide bonds. The lowest BCUT2D eigenvalue weighted by molar-refractivity contribution is 0.305. The van der Waals surface area contributed by atoms with Gasteiger partial charge in [0.2, 0.25) is 0 Å². The third-order valence-electron chi connectivity index (χ3n) is 1.37. The van der Waals surface area contributed by atoms with E-state index in [1.807, 2.05) is 0 Å². The number of halogens is 2. The standard InChI is InChI=1S/C7H7ClFNO3S/c1-14(11,12)13-4-5-6(8)2-10-3-7(5)9/h2-3H,4H2,1H3. The van der Waals surface area contributed by atoms with Gasteiger partial charge >= 0.3 is 0 Å². The summed E-state index contributed by atoms with van der Waals surface area (Å²) in [6, 6.07) is 0. The molecule has 0 saturated heterocycles. The summed E-state index contributed by atoms with van der Waals surface area (Å²) in [5, 5.41) is 0.0358. The Morgan fingerprint density at radius 2 is 2.21 bits per heavy atom. The third kappa shape index (κ3) is 3.21. The number of hydrogen-bond donors (Lipinski definition) is 0. The molecule has 0 N–H and O–H groups in total. The smallest absolute Gasteiger partial charge is 0.264 e. The van der Waals surface area contributed by atoms with E-state index in [-0.39, 0.29) is 10.6 Å². The van der Waals surface area contributed by atoms with Crippen molar-refractivity contribution in [3.05, 3.63) is 28.8 Å². The van der Waals surface area contributed by atoms with Crippen molar-refractivity contribution in [3.8, 4) is 0 Å². The number of hydrogen-bond acceptors (Lipinski definition) is 4. The molecule has 4 nitrogen and oxygen atoms in total. The maximum Gasteiger partial charge on any atom is 0.264 e. The van der Waals surface area contributed by atoms with Gasteiger partial charge in [0.05, 0.1) is 24.1 Å². The highest BCUT2D eigenvalue weighted by molar-refractivity contribution is 7.85. The Bertz CT molecular complexity index is 414. The van der Waals surface area contributed by atoms with Gasteiger partial charge in [0.15, 0.2) is 0 Å². The molecule has 1 aromatic heterocycles. The lowest BCUT2D eigenvalue weighted by atomic mass is 10.3. The van der Waals surface area contributed by atoms with E-state index in [1.54, 1.807) is 0 Å². The van der Waals surface area contributed by atoms with Crippen LogP contribution in [0.25, 0.3) is 0 Å². The van der Waals surface area contributed by atoms with Crippen molar-refractivity contribution in [3.63, 3.8) is 0 Å². The van der Waals surface area contributed by atoms with Crippen molar-refractivity contribution in [1.29, 1.82) is 0 Å². The first kappa shape index (κ1) is 11.4. The Kier molecular flexibility index (Phi) is 3.41. The summed E-state index contributed by atoms with van der Waals surface area (Å²) in [5.41, 5.74) is -0.0212. The largest absolute Gasteiger partial charge is 0.265 e. The summed E-state index contributed by atoms with van der Waals surface area (Å²) in [6.45, 7) is -0.425. The lowest BCUT2D eigenvalue weighted by Gasteiger charge is -2.04. The van der Waals surface area contributed by atoms with Crippen LogP contribution >= 0.6 is 11.6 Å². The second kappa shape index (κ2) is 4.20. The molecule has 7 heteroatoms. The second-order valence-electron chi connectivity index (χ2n) is 2.55. The Labute approximate surface area is 85.8 Å². The van der Waals surface area contributed by atoms with Crippen molar-refractivity contribution in [2.45, 2.75) is 6.61 Å². The van der Waals surface area contributed by atoms with Crippen LogP contribution in [0, 0.1) is 5.82 Å².